The van der Waals surface area contributed by atoms with Crippen molar-refractivity contribution in [2.75, 3.05) is 38.0 Å². The number of nitrogens with one attached hydrogen (secondary N) is 1. The third kappa shape index (κ3) is 5.43. The van der Waals surface area contributed by atoms with E-state index in [4.69, 9.17) is 0 Å². The molecule has 1 aliphatic rings. The van der Waals surface area contributed by atoms with Gasteiger partial charge in [-0.1, -0.05) is 31.0 Å². The second-order valence-electron chi connectivity index (χ2n) is 7.33. The second kappa shape index (κ2) is 9.51. The SMILES string of the molecule is CCCCn1nccc1NC(=O)CN1CCN(S(=O)(=O)c2ccc(C)cc2)CC1. The van der Waals surface area contributed by atoms with Crippen LogP contribution in [0.15, 0.2) is 41.4 Å². The highest BCUT2D eigenvalue weighted by Gasteiger charge is 2.29. The van der Waals surface area contributed by atoms with Gasteiger partial charge in [-0.2, -0.15) is 9.40 Å². The van der Waals surface area contributed by atoms with Crippen LogP contribution in [0.3, 0.4) is 0 Å². The molecule has 0 spiro atoms. The lowest BCUT2D eigenvalue weighted by atomic mass is 10.2. The first-order valence-electron chi connectivity index (χ1n) is 10.0. The van der Waals surface area contributed by atoms with Crippen LogP contribution in [0.2, 0.25) is 0 Å². The summed E-state index contributed by atoms with van der Waals surface area (Å²) in [7, 11) is -3.49. The Labute approximate surface area is 172 Å². The zero-order valence-electron chi connectivity index (χ0n) is 17.0. The van der Waals surface area contributed by atoms with Crippen LogP contribution < -0.4 is 5.32 Å². The molecule has 0 unspecified atom stereocenters. The molecule has 0 bridgehead atoms. The van der Waals surface area contributed by atoms with E-state index in [2.05, 4.69) is 17.3 Å². The lowest BCUT2D eigenvalue weighted by Gasteiger charge is -2.33. The number of rotatable bonds is 8. The van der Waals surface area contributed by atoms with Gasteiger partial charge in [-0.3, -0.25) is 9.69 Å². The number of aryl methyl sites for hydroxylation is 2. The first-order chi connectivity index (χ1) is 13.9. The molecule has 2 aromatic rings. The number of nitrogens with zero attached hydrogens (tertiary/aromatic N) is 4. The molecule has 1 saturated heterocycles. The van der Waals surface area contributed by atoms with Crippen molar-refractivity contribution in [2.45, 2.75) is 38.1 Å². The zero-order valence-corrected chi connectivity index (χ0v) is 17.9. The van der Waals surface area contributed by atoms with Crippen molar-refractivity contribution in [3.05, 3.63) is 42.1 Å². The van der Waals surface area contributed by atoms with E-state index < -0.39 is 10.0 Å². The Morgan fingerprint density at radius 2 is 1.79 bits per heavy atom. The predicted molar refractivity (Wildman–Crippen MR) is 112 cm³/mol. The molecule has 158 valence electrons. The maximum atomic E-state index is 12.8. The van der Waals surface area contributed by atoms with Crippen molar-refractivity contribution in [2.24, 2.45) is 0 Å². The van der Waals surface area contributed by atoms with E-state index >= 15 is 0 Å². The Kier molecular flexibility index (Phi) is 7.05. The minimum atomic E-state index is -3.49. The summed E-state index contributed by atoms with van der Waals surface area (Å²) in [6, 6.07) is 8.69. The lowest BCUT2D eigenvalue weighted by Crippen LogP contribution is -2.50. The topological polar surface area (TPSA) is 87.5 Å². The molecule has 2 heterocycles. The largest absolute Gasteiger partial charge is 0.310 e. The van der Waals surface area contributed by atoms with Crippen LogP contribution >= 0.6 is 0 Å². The van der Waals surface area contributed by atoms with Crippen molar-refractivity contribution >= 4 is 21.7 Å². The third-order valence-electron chi connectivity index (χ3n) is 5.06. The molecule has 1 aliphatic heterocycles. The first kappa shape index (κ1) is 21.5. The lowest BCUT2D eigenvalue weighted by molar-refractivity contribution is -0.117. The predicted octanol–water partition coefficient (Wildman–Crippen LogP) is 1.94. The number of aromatic nitrogens is 2. The quantitative estimate of drug-likeness (QED) is 0.707. The summed E-state index contributed by atoms with van der Waals surface area (Å²) >= 11 is 0. The second-order valence-corrected chi connectivity index (χ2v) is 9.27. The van der Waals surface area contributed by atoms with Gasteiger partial charge in [0, 0.05) is 38.8 Å². The van der Waals surface area contributed by atoms with Crippen molar-refractivity contribution in [3.63, 3.8) is 0 Å². The minimum absolute atomic E-state index is 0.113. The van der Waals surface area contributed by atoms with Crippen LogP contribution in [0.25, 0.3) is 0 Å². The van der Waals surface area contributed by atoms with Crippen molar-refractivity contribution in [3.8, 4) is 0 Å². The maximum absolute atomic E-state index is 12.8. The van der Waals surface area contributed by atoms with E-state index in [1.165, 1.54) is 4.31 Å². The Bertz CT molecular complexity index is 916. The number of carbonyl (C=O) groups excluding carboxylic acids is 1. The molecule has 0 atom stereocenters. The van der Waals surface area contributed by atoms with Crippen molar-refractivity contribution in [1.82, 2.24) is 19.0 Å². The minimum Gasteiger partial charge on any atom is -0.310 e. The Morgan fingerprint density at radius 1 is 1.10 bits per heavy atom. The van der Waals surface area contributed by atoms with Crippen LogP contribution in [0.1, 0.15) is 25.3 Å². The number of unbranched alkanes of at least 4 members (excludes halogenated alkanes) is 1. The van der Waals surface area contributed by atoms with Crippen LogP contribution in [-0.4, -0.2) is 66.0 Å². The summed E-state index contributed by atoms with van der Waals surface area (Å²) in [5.41, 5.74) is 1.02. The molecule has 8 nitrogen and oxygen atoms in total. The molecule has 0 radical (unpaired) electrons. The summed E-state index contributed by atoms with van der Waals surface area (Å²) < 4.78 is 28.9. The standard InChI is InChI=1S/C20H29N5O3S/c1-3-4-11-25-19(9-10-21-25)22-20(26)16-23-12-14-24(15-13-23)29(27,28)18-7-5-17(2)6-8-18/h5-10H,3-4,11-16H2,1-2H3,(H,22,26). The number of hydrogen-bond donors (Lipinski definition) is 1. The van der Waals surface area contributed by atoms with Gasteiger partial charge < -0.3 is 5.32 Å². The fourth-order valence-corrected chi connectivity index (χ4v) is 4.72. The molecular formula is C20H29N5O3S. The Hall–Kier alpha value is -2.23. The monoisotopic (exact) mass is 419 g/mol. The van der Waals surface area contributed by atoms with Gasteiger partial charge in [-0.15, -0.1) is 0 Å². The maximum Gasteiger partial charge on any atom is 0.243 e. The summed E-state index contributed by atoms with van der Waals surface area (Å²) in [4.78, 5) is 14.7. The van der Waals surface area contributed by atoms with Crippen LogP contribution in [0.5, 0.6) is 0 Å². The van der Waals surface area contributed by atoms with Crippen LogP contribution in [0, 0.1) is 6.92 Å². The molecular weight excluding hydrogens is 390 g/mol. The van der Waals surface area contributed by atoms with Gasteiger partial charge in [-0.05, 0) is 25.5 Å². The fourth-order valence-electron chi connectivity index (χ4n) is 3.30. The number of piperazine rings is 1. The molecule has 1 amide bonds. The highest BCUT2D eigenvalue weighted by atomic mass is 32.2. The number of anilines is 1. The number of amides is 1. The third-order valence-corrected chi connectivity index (χ3v) is 6.98. The van der Waals surface area contributed by atoms with Crippen molar-refractivity contribution in [1.29, 1.82) is 0 Å². The molecule has 3 rings (SSSR count). The van der Waals surface area contributed by atoms with Gasteiger partial charge in [0.15, 0.2) is 0 Å². The highest BCUT2D eigenvalue weighted by molar-refractivity contribution is 7.89. The first-order valence-corrected chi connectivity index (χ1v) is 11.4. The fraction of sp³-hybridized carbons (Fsp3) is 0.500. The molecule has 1 fully saturated rings. The van der Waals surface area contributed by atoms with Gasteiger partial charge in [0.05, 0.1) is 17.6 Å². The normalized spacial score (nSPS) is 16.1. The van der Waals surface area contributed by atoms with E-state index in [0.717, 1.165) is 24.9 Å². The van der Waals surface area contributed by atoms with Crippen LogP contribution in [-0.2, 0) is 21.4 Å². The van der Waals surface area contributed by atoms with E-state index in [1.807, 2.05) is 11.8 Å². The molecule has 1 N–H and O–H groups in total. The summed E-state index contributed by atoms with van der Waals surface area (Å²) in [5, 5.41) is 7.15. The number of hydrogen-bond acceptors (Lipinski definition) is 5. The Balaban J connectivity index is 1.51. The number of carbonyl (C=O) groups is 1. The molecule has 1 aromatic carbocycles. The van der Waals surface area contributed by atoms with E-state index in [-0.39, 0.29) is 12.5 Å². The van der Waals surface area contributed by atoms with Gasteiger partial charge in [0.1, 0.15) is 5.82 Å². The van der Waals surface area contributed by atoms with Gasteiger partial charge >= 0.3 is 0 Å². The number of benzene rings is 1. The Morgan fingerprint density at radius 3 is 2.45 bits per heavy atom. The average Bonchev–Trinajstić information content (AvgIpc) is 3.13. The van der Waals surface area contributed by atoms with Gasteiger partial charge in [0.25, 0.3) is 0 Å². The van der Waals surface area contributed by atoms with E-state index in [1.54, 1.807) is 41.2 Å². The summed E-state index contributed by atoms with van der Waals surface area (Å²) in [6.45, 7) is 6.83. The average molecular weight is 420 g/mol. The van der Waals surface area contributed by atoms with Crippen molar-refractivity contribution < 1.29 is 13.2 Å². The smallest absolute Gasteiger partial charge is 0.243 e. The molecule has 0 aliphatic carbocycles. The molecule has 0 saturated carbocycles. The number of sulfonamides is 1. The summed E-state index contributed by atoms with van der Waals surface area (Å²) in [6.07, 6.45) is 3.74. The zero-order chi connectivity index (χ0) is 20.9. The summed E-state index contributed by atoms with van der Waals surface area (Å²) in [5.74, 6) is 0.585. The molecule has 29 heavy (non-hydrogen) atoms. The molecule has 1 aromatic heterocycles. The van der Waals surface area contributed by atoms with Crippen LogP contribution in [0.4, 0.5) is 5.82 Å². The highest BCUT2D eigenvalue weighted by Crippen LogP contribution is 2.18. The van der Waals surface area contributed by atoms with E-state index in [0.29, 0.717) is 36.9 Å². The molecule has 9 heteroatoms. The van der Waals surface area contributed by atoms with Gasteiger partial charge in [-0.25, -0.2) is 13.1 Å². The van der Waals surface area contributed by atoms with E-state index in [9.17, 15) is 13.2 Å². The van der Waals surface area contributed by atoms with Gasteiger partial charge in [0.2, 0.25) is 15.9 Å².